The van der Waals surface area contributed by atoms with E-state index in [9.17, 15) is 8.78 Å². The molecule has 0 unspecified atom stereocenters. The van der Waals surface area contributed by atoms with Crippen LogP contribution < -0.4 is 11.1 Å². The van der Waals surface area contributed by atoms with Crippen LogP contribution in [0.4, 0.5) is 8.78 Å². The van der Waals surface area contributed by atoms with Crippen LogP contribution in [0, 0.1) is 0 Å². The first-order valence-corrected chi connectivity index (χ1v) is 11.9. The van der Waals surface area contributed by atoms with Crippen molar-refractivity contribution in [1.29, 1.82) is 0 Å². The molecule has 0 aromatic rings. The van der Waals surface area contributed by atoms with Crippen LogP contribution >= 0.6 is 12.6 Å². The Morgan fingerprint density at radius 1 is 1.26 bits per heavy atom. The number of hydrogen-bond acceptors (Lipinski definition) is 7. The van der Waals surface area contributed by atoms with E-state index >= 15 is 0 Å². The highest BCUT2D eigenvalue weighted by Crippen LogP contribution is 2.32. The number of likely N-dealkylation sites (N-methyl/N-ethyl adjacent to an activating group) is 1. The summed E-state index contributed by atoms with van der Waals surface area (Å²) in [5.41, 5.74) is 6.69. The normalized spacial score (nSPS) is 26.2. The zero-order valence-electron chi connectivity index (χ0n) is 18.5. The molecular formula is C21H36F2N6OS. The van der Waals surface area contributed by atoms with Gasteiger partial charge < -0.3 is 25.6 Å². The predicted molar refractivity (Wildman–Crippen MR) is 124 cm³/mol. The third kappa shape index (κ3) is 7.61. The van der Waals surface area contributed by atoms with Gasteiger partial charge in [0.15, 0.2) is 0 Å². The third-order valence-electron chi connectivity index (χ3n) is 5.98. The van der Waals surface area contributed by atoms with Crippen molar-refractivity contribution in [1.82, 2.24) is 15.1 Å². The molecule has 4 rings (SSSR count). The fourth-order valence-corrected chi connectivity index (χ4v) is 4.05. The van der Waals surface area contributed by atoms with Gasteiger partial charge in [0.2, 0.25) is 17.8 Å². The minimum atomic E-state index is -2.42. The van der Waals surface area contributed by atoms with Gasteiger partial charge in [-0.1, -0.05) is 0 Å². The summed E-state index contributed by atoms with van der Waals surface area (Å²) < 4.78 is 30.4. The van der Waals surface area contributed by atoms with Gasteiger partial charge in [-0.2, -0.15) is 17.6 Å². The van der Waals surface area contributed by atoms with Gasteiger partial charge in [0.25, 0.3) is 0 Å². The highest BCUT2D eigenvalue weighted by Gasteiger charge is 2.33. The second-order valence-electron chi connectivity index (χ2n) is 8.63. The first-order chi connectivity index (χ1) is 14.9. The van der Waals surface area contributed by atoms with Gasteiger partial charge in [-0.05, 0) is 38.3 Å². The molecule has 4 aliphatic rings. The lowest BCUT2D eigenvalue weighted by atomic mass is 9.93. The second kappa shape index (κ2) is 11.5. The van der Waals surface area contributed by atoms with E-state index in [4.69, 9.17) is 15.5 Å². The molecular weight excluding hydrogens is 422 g/mol. The number of guanidine groups is 1. The molecule has 0 aromatic carbocycles. The van der Waals surface area contributed by atoms with Gasteiger partial charge in [-0.25, -0.2) is 8.78 Å². The largest absolute Gasteiger partial charge is 0.478 e. The van der Waals surface area contributed by atoms with Crippen LogP contribution in [0.5, 0.6) is 0 Å². The Hall–Kier alpha value is -1.39. The molecule has 0 bridgehead atoms. The lowest BCUT2D eigenvalue weighted by Crippen LogP contribution is -2.52. The Morgan fingerprint density at radius 2 is 1.97 bits per heavy atom. The summed E-state index contributed by atoms with van der Waals surface area (Å²) in [6, 6.07) is 0.0182. The summed E-state index contributed by atoms with van der Waals surface area (Å²) in [5.74, 6) is 1.02. The summed E-state index contributed by atoms with van der Waals surface area (Å²) >= 11 is 4.26. The quantitative estimate of drug-likeness (QED) is 0.554. The summed E-state index contributed by atoms with van der Waals surface area (Å²) in [7, 11) is 2.16. The topological polar surface area (TPSA) is 78.5 Å². The maximum atomic E-state index is 12.3. The van der Waals surface area contributed by atoms with Crippen molar-refractivity contribution in [3.63, 3.8) is 0 Å². The van der Waals surface area contributed by atoms with Crippen molar-refractivity contribution in [2.75, 3.05) is 52.1 Å². The number of halogens is 2. The number of piperazine rings is 1. The summed E-state index contributed by atoms with van der Waals surface area (Å²) in [6.45, 7) is 5.55. The number of hydrogen-bond donors (Lipinski definition) is 3. The number of alkyl halides is 2. The average molecular weight is 459 g/mol. The maximum absolute atomic E-state index is 12.3. The van der Waals surface area contributed by atoms with E-state index in [2.05, 4.69) is 39.8 Å². The van der Waals surface area contributed by atoms with Crippen LogP contribution in [0.3, 0.4) is 0 Å². The molecule has 10 heteroatoms. The molecule has 3 N–H and O–H groups in total. The number of ether oxygens (including phenoxy) is 1. The molecule has 0 radical (unpaired) electrons. The number of nitrogens with one attached hydrogen (secondary N) is 1. The van der Waals surface area contributed by atoms with Crippen LogP contribution in [0.2, 0.25) is 0 Å². The Bertz CT molecular complexity index is 681. The molecule has 3 aliphatic heterocycles. The SMILES string of the molecule is CN1CCN(C2=NC3=C(CCCO3)CC(=NCCS)N2)CC1.NC1CCC(F)(F)CC1. The summed E-state index contributed by atoms with van der Waals surface area (Å²) in [5, 5.41) is 3.44. The van der Waals surface area contributed by atoms with Crippen LogP contribution in [0.1, 0.15) is 44.9 Å². The summed E-state index contributed by atoms with van der Waals surface area (Å²) in [6.07, 6.45) is 3.85. The number of nitrogens with zero attached hydrogens (tertiary/aromatic N) is 4. The maximum Gasteiger partial charge on any atom is 0.248 e. The number of aliphatic imine (C=N–C) groups is 2. The second-order valence-corrected chi connectivity index (χ2v) is 9.08. The Labute approximate surface area is 189 Å². The molecule has 31 heavy (non-hydrogen) atoms. The Balaban J connectivity index is 0.000000254. The molecule has 0 atom stereocenters. The van der Waals surface area contributed by atoms with Gasteiger partial charge in [-0.15, -0.1) is 0 Å². The van der Waals surface area contributed by atoms with Gasteiger partial charge in [0.05, 0.1) is 6.61 Å². The lowest BCUT2D eigenvalue weighted by molar-refractivity contribution is -0.0375. The van der Waals surface area contributed by atoms with Crippen molar-refractivity contribution in [2.45, 2.75) is 56.9 Å². The zero-order chi connectivity index (χ0) is 22.3. The summed E-state index contributed by atoms with van der Waals surface area (Å²) in [4.78, 5) is 14.0. The first-order valence-electron chi connectivity index (χ1n) is 11.3. The van der Waals surface area contributed by atoms with E-state index in [1.807, 2.05) is 0 Å². The van der Waals surface area contributed by atoms with Crippen molar-refractivity contribution in [2.24, 2.45) is 15.7 Å². The highest BCUT2D eigenvalue weighted by atomic mass is 32.1. The van der Waals surface area contributed by atoms with E-state index in [-0.39, 0.29) is 18.9 Å². The number of nitrogens with two attached hydrogens (primary N) is 1. The van der Waals surface area contributed by atoms with E-state index in [1.165, 1.54) is 5.57 Å². The number of amidine groups is 1. The predicted octanol–water partition coefficient (Wildman–Crippen LogP) is 2.46. The van der Waals surface area contributed by atoms with Crippen molar-refractivity contribution in [3.8, 4) is 0 Å². The van der Waals surface area contributed by atoms with Crippen LogP contribution in [-0.2, 0) is 4.74 Å². The van der Waals surface area contributed by atoms with Gasteiger partial charge in [0, 0.05) is 63.8 Å². The minimum Gasteiger partial charge on any atom is -0.478 e. The van der Waals surface area contributed by atoms with Crippen molar-refractivity contribution in [3.05, 3.63) is 11.5 Å². The van der Waals surface area contributed by atoms with Crippen molar-refractivity contribution >= 4 is 24.4 Å². The molecule has 0 spiro atoms. The molecule has 176 valence electrons. The van der Waals surface area contributed by atoms with Gasteiger partial charge in [0.1, 0.15) is 5.84 Å². The van der Waals surface area contributed by atoms with Gasteiger partial charge in [-0.3, -0.25) is 4.99 Å². The smallest absolute Gasteiger partial charge is 0.248 e. The molecule has 1 aliphatic carbocycles. The Kier molecular flexibility index (Phi) is 8.97. The standard InChI is InChI=1S/C15H25N5OS.C6H11F2N/c1-19-5-7-20(8-6-19)15-17-13(16-4-10-22)11-12-3-2-9-21-14(12)18-15;7-6(8)3-1-5(9)2-4-6/h22H,2-11H2,1H3,(H,16,17,18);5H,1-4,9H2. The van der Waals surface area contributed by atoms with E-state index in [0.29, 0.717) is 12.8 Å². The van der Waals surface area contributed by atoms with Crippen molar-refractivity contribution < 1.29 is 13.5 Å². The Morgan fingerprint density at radius 3 is 2.61 bits per heavy atom. The lowest BCUT2D eigenvalue weighted by Gasteiger charge is -2.34. The van der Waals surface area contributed by atoms with E-state index < -0.39 is 5.92 Å². The molecule has 1 saturated heterocycles. The minimum absolute atomic E-state index is 0.0182. The van der Waals surface area contributed by atoms with E-state index in [0.717, 1.165) is 82.0 Å². The molecule has 0 amide bonds. The average Bonchev–Trinajstić information content (AvgIpc) is 2.94. The van der Waals surface area contributed by atoms with Crippen LogP contribution in [-0.4, -0.2) is 85.7 Å². The monoisotopic (exact) mass is 458 g/mol. The molecule has 1 saturated carbocycles. The van der Waals surface area contributed by atoms with Crippen LogP contribution in [0.25, 0.3) is 0 Å². The highest BCUT2D eigenvalue weighted by molar-refractivity contribution is 7.80. The number of rotatable bonds is 2. The zero-order valence-corrected chi connectivity index (χ0v) is 19.3. The molecule has 7 nitrogen and oxygen atoms in total. The fraction of sp³-hybridized carbons (Fsp3) is 0.810. The molecule has 0 aromatic heterocycles. The van der Waals surface area contributed by atoms with E-state index in [1.54, 1.807) is 0 Å². The fourth-order valence-electron chi connectivity index (χ4n) is 3.95. The number of thiol groups is 1. The third-order valence-corrected chi connectivity index (χ3v) is 6.18. The molecule has 3 heterocycles. The first kappa shape index (κ1) is 24.3. The van der Waals surface area contributed by atoms with Crippen LogP contribution in [0.15, 0.2) is 21.4 Å². The molecule has 2 fully saturated rings. The van der Waals surface area contributed by atoms with Gasteiger partial charge >= 0.3 is 0 Å².